The predicted octanol–water partition coefficient (Wildman–Crippen LogP) is 5.76. The summed E-state index contributed by atoms with van der Waals surface area (Å²) in [6.45, 7) is 0. The van der Waals surface area contributed by atoms with Crippen LogP contribution in [0.4, 0.5) is 0 Å². The van der Waals surface area contributed by atoms with Gasteiger partial charge in [0.25, 0.3) is 0 Å². The SMILES string of the molecule is O=P(Br)(Br)C(c1ccccc1)c1ccccc1. The van der Waals surface area contributed by atoms with E-state index in [1.54, 1.807) is 0 Å². The van der Waals surface area contributed by atoms with Crippen LogP contribution in [0.3, 0.4) is 0 Å². The van der Waals surface area contributed by atoms with Crippen LogP contribution in [0.1, 0.15) is 16.8 Å². The fourth-order valence-electron chi connectivity index (χ4n) is 1.81. The molecule has 0 saturated carbocycles. The minimum Gasteiger partial charge on any atom is -0.298 e. The molecule has 0 N–H and O–H groups in total. The van der Waals surface area contributed by atoms with E-state index in [1.165, 1.54) is 0 Å². The number of hydrogen-bond donors (Lipinski definition) is 0. The van der Waals surface area contributed by atoms with Crippen LogP contribution in [-0.4, -0.2) is 0 Å². The summed E-state index contributed by atoms with van der Waals surface area (Å²) in [4.78, 5) is 0. The average Bonchev–Trinajstić information content (AvgIpc) is 2.30. The summed E-state index contributed by atoms with van der Waals surface area (Å²) in [5, 5.41) is 0. The van der Waals surface area contributed by atoms with Crippen molar-refractivity contribution in [3.63, 3.8) is 0 Å². The third-order valence-corrected chi connectivity index (χ3v) is 6.19. The van der Waals surface area contributed by atoms with Crippen LogP contribution in [0.2, 0.25) is 0 Å². The van der Waals surface area contributed by atoms with Crippen LogP contribution >= 0.6 is 35.5 Å². The van der Waals surface area contributed by atoms with Gasteiger partial charge in [0.15, 0.2) is 0 Å². The molecule has 1 nitrogen and oxygen atoms in total. The highest BCUT2D eigenvalue weighted by Crippen LogP contribution is 2.73. The maximum absolute atomic E-state index is 12.3. The van der Waals surface area contributed by atoms with Gasteiger partial charge in [-0.3, -0.25) is 4.57 Å². The Morgan fingerprint density at radius 2 is 1.12 bits per heavy atom. The molecule has 0 atom stereocenters. The molecule has 2 rings (SSSR count). The van der Waals surface area contributed by atoms with Crippen LogP contribution in [0.15, 0.2) is 60.7 Å². The van der Waals surface area contributed by atoms with Gasteiger partial charge in [-0.05, 0) is 42.1 Å². The molecule has 17 heavy (non-hydrogen) atoms. The third-order valence-electron chi connectivity index (χ3n) is 2.53. The molecule has 0 unspecified atom stereocenters. The quantitative estimate of drug-likeness (QED) is 0.625. The molecule has 0 amide bonds. The molecule has 0 bridgehead atoms. The Balaban J connectivity index is 2.52. The van der Waals surface area contributed by atoms with Gasteiger partial charge in [0, 0.05) is 0 Å². The zero-order valence-electron chi connectivity index (χ0n) is 8.96. The number of rotatable bonds is 3. The van der Waals surface area contributed by atoms with Crippen molar-refractivity contribution < 1.29 is 4.57 Å². The van der Waals surface area contributed by atoms with Crippen molar-refractivity contribution >= 4 is 35.5 Å². The van der Waals surface area contributed by atoms with Crippen LogP contribution in [0.5, 0.6) is 0 Å². The summed E-state index contributed by atoms with van der Waals surface area (Å²) >= 11 is 6.58. The summed E-state index contributed by atoms with van der Waals surface area (Å²) in [5.74, 6) is 0. The first-order valence-corrected chi connectivity index (χ1v) is 11.0. The molecule has 4 heteroatoms. The van der Waals surface area contributed by atoms with E-state index < -0.39 is 4.55 Å². The minimum absolute atomic E-state index is 0.162. The van der Waals surface area contributed by atoms with Crippen molar-refractivity contribution in [1.29, 1.82) is 0 Å². The van der Waals surface area contributed by atoms with E-state index in [9.17, 15) is 4.57 Å². The van der Waals surface area contributed by atoms with Crippen LogP contribution < -0.4 is 0 Å². The number of hydrogen-bond acceptors (Lipinski definition) is 1. The molecule has 0 aliphatic heterocycles. The third kappa shape index (κ3) is 3.31. The van der Waals surface area contributed by atoms with Crippen molar-refractivity contribution in [3.8, 4) is 0 Å². The maximum atomic E-state index is 12.3. The first-order valence-electron chi connectivity index (χ1n) is 5.18. The van der Waals surface area contributed by atoms with Crippen molar-refractivity contribution in [2.45, 2.75) is 5.66 Å². The van der Waals surface area contributed by atoms with Crippen LogP contribution in [-0.2, 0) is 4.57 Å². The van der Waals surface area contributed by atoms with Crippen molar-refractivity contribution in [2.24, 2.45) is 0 Å². The lowest BCUT2D eigenvalue weighted by Gasteiger charge is -2.19. The topological polar surface area (TPSA) is 17.1 Å². The first-order chi connectivity index (χ1) is 8.09. The lowest BCUT2D eigenvalue weighted by atomic mass is 10.0. The molecule has 0 aliphatic rings. The summed E-state index contributed by atoms with van der Waals surface area (Å²) < 4.78 is 9.75. The number of halogens is 2. The Morgan fingerprint density at radius 1 is 0.765 bits per heavy atom. The maximum Gasteiger partial charge on any atom is 0.219 e. The van der Waals surface area contributed by atoms with Gasteiger partial charge in [0.1, 0.15) is 0 Å². The van der Waals surface area contributed by atoms with Gasteiger partial charge in [0.2, 0.25) is 4.55 Å². The Bertz CT molecular complexity index is 482. The second-order valence-corrected chi connectivity index (χ2v) is 14.4. The molecule has 2 aromatic carbocycles. The smallest absolute Gasteiger partial charge is 0.219 e. The van der Waals surface area contributed by atoms with E-state index in [4.69, 9.17) is 0 Å². The van der Waals surface area contributed by atoms with E-state index in [0.29, 0.717) is 0 Å². The van der Waals surface area contributed by atoms with E-state index in [1.807, 2.05) is 60.7 Å². The van der Waals surface area contributed by atoms with Gasteiger partial charge in [-0.25, -0.2) is 0 Å². The largest absolute Gasteiger partial charge is 0.298 e. The Kier molecular flexibility index (Phi) is 4.24. The van der Waals surface area contributed by atoms with Gasteiger partial charge in [-0.2, -0.15) is 0 Å². The van der Waals surface area contributed by atoms with Gasteiger partial charge in [-0.1, -0.05) is 60.7 Å². The Morgan fingerprint density at radius 3 is 1.41 bits per heavy atom. The highest BCUT2D eigenvalue weighted by atomic mass is 79.9. The highest BCUT2D eigenvalue weighted by molar-refractivity contribution is 9.70. The molecule has 0 heterocycles. The van der Waals surface area contributed by atoms with Crippen molar-refractivity contribution in [2.75, 3.05) is 0 Å². The summed E-state index contributed by atoms with van der Waals surface area (Å²) in [7, 11) is 0. The van der Waals surface area contributed by atoms with Crippen LogP contribution in [0.25, 0.3) is 0 Å². The van der Waals surface area contributed by atoms with E-state index in [2.05, 4.69) is 31.0 Å². The molecule has 88 valence electrons. The summed E-state index contributed by atoms with van der Waals surface area (Å²) in [5.41, 5.74) is 1.91. The molecule has 2 aromatic rings. The normalized spacial score (nSPS) is 11.7. The zero-order chi connectivity index (χ0) is 12.3. The molecule has 0 saturated heterocycles. The Labute approximate surface area is 117 Å². The fourth-order valence-corrected chi connectivity index (χ4v) is 5.69. The van der Waals surface area contributed by atoms with E-state index >= 15 is 0 Å². The molecule has 0 aromatic heterocycles. The number of benzene rings is 2. The summed E-state index contributed by atoms with van der Waals surface area (Å²) in [6.07, 6.45) is 0. The molecule has 0 spiro atoms. The standard InChI is InChI=1S/C13H11Br2OP/c14-17(15,16)13(11-7-3-1-4-8-11)12-9-5-2-6-10-12/h1-10,13H. The van der Waals surface area contributed by atoms with Crippen molar-refractivity contribution in [1.82, 2.24) is 0 Å². The van der Waals surface area contributed by atoms with Gasteiger partial charge >= 0.3 is 0 Å². The average molecular weight is 374 g/mol. The minimum atomic E-state index is -2.59. The van der Waals surface area contributed by atoms with Gasteiger partial charge in [0.05, 0.1) is 5.66 Å². The van der Waals surface area contributed by atoms with Crippen LogP contribution in [0, 0.1) is 0 Å². The second kappa shape index (κ2) is 5.51. The molecular weight excluding hydrogens is 363 g/mol. The lowest BCUT2D eigenvalue weighted by molar-refractivity contribution is 0.591. The van der Waals surface area contributed by atoms with Crippen molar-refractivity contribution in [3.05, 3.63) is 71.8 Å². The first kappa shape index (κ1) is 13.1. The zero-order valence-corrected chi connectivity index (χ0v) is 13.0. The molecule has 0 radical (unpaired) electrons. The van der Waals surface area contributed by atoms with Gasteiger partial charge in [-0.15, -0.1) is 0 Å². The molecule has 0 fully saturated rings. The fraction of sp³-hybridized carbons (Fsp3) is 0.0769. The van der Waals surface area contributed by atoms with E-state index in [-0.39, 0.29) is 5.66 Å². The van der Waals surface area contributed by atoms with E-state index in [0.717, 1.165) is 11.1 Å². The summed E-state index contributed by atoms with van der Waals surface area (Å²) in [6, 6.07) is 19.7. The monoisotopic (exact) mass is 372 g/mol. The van der Waals surface area contributed by atoms with Gasteiger partial charge < -0.3 is 0 Å². The predicted molar refractivity (Wildman–Crippen MR) is 80.2 cm³/mol. The Hall–Kier alpha value is -0.370. The highest BCUT2D eigenvalue weighted by Gasteiger charge is 2.30. The lowest BCUT2D eigenvalue weighted by Crippen LogP contribution is -1.96. The second-order valence-electron chi connectivity index (χ2n) is 3.73. The molecule has 0 aliphatic carbocycles. The molecular formula is C13H11Br2OP.